The predicted octanol–water partition coefficient (Wildman–Crippen LogP) is 3.62. The fourth-order valence-corrected chi connectivity index (χ4v) is 5.40. The van der Waals surface area contributed by atoms with Gasteiger partial charge in [0.15, 0.2) is 0 Å². The number of carbonyl (C=O) groups is 1. The van der Waals surface area contributed by atoms with Crippen LogP contribution in [0.25, 0.3) is 0 Å². The van der Waals surface area contributed by atoms with Crippen molar-refractivity contribution in [1.82, 2.24) is 9.80 Å². The van der Waals surface area contributed by atoms with E-state index in [4.69, 9.17) is 4.74 Å². The van der Waals surface area contributed by atoms with Crippen molar-refractivity contribution in [2.24, 2.45) is 17.8 Å². The normalized spacial score (nSPS) is 30.6. The van der Waals surface area contributed by atoms with Crippen LogP contribution in [0.15, 0.2) is 29.2 Å². The average molecular weight is 389 g/mol. The highest BCUT2D eigenvalue weighted by Gasteiger charge is 2.45. The Morgan fingerprint density at radius 3 is 2.56 bits per heavy atom. The van der Waals surface area contributed by atoms with Gasteiger partial charge in [0.05, 0.1) is 11.7 Å². The van der Waals surface area contributed by atoms with Crippen molar-refractivity contribution < 1.29 is 9.53 Å². The minimum absolute atomic E-state index is 0.200. The Hall–Kier alpha value is -1.04. The number of thioether (sulfide) groups is 1. The molecule has 1 saturated heterocycles. The Morgan fingerprint density at radius 2 is 1.89 bits per heavy atom. The number of rotatable bonds is 6. The molecule has 27 heavy (non-hydrogen) atoms. The van der Waals surface area contributed by atoms with Crippen LogP contribution in [-0.2, 0) is 4.74 Å². The van der Waals surface area contributed by atoms with Crippen LogP contribution in [0.5, 0.6) is 0 Å². The molecular formula is C22H32N2O2S. The van der Waals surface area contributed by atoms with Gasteiger partial charge in [-0.15, -0.1) is 11.8 Å². The molecule has 4 nitrogen and oxygen atoms in total. The number of benzene rings is 1. The van der Waals surface area contributed by atoms with E-state index in [2.05, 4.69) is 23.9 Å². The third kappa shape index (κ3) is 4.20. The van der Waals surface area contributed by atoms with Crippen LogP contribution in [0.2, 0.25) is 0 Å². The Balaban J connectivity index is 1.44. The lowest BCUT2D eigenvalue weighted by atomic mass is 9.77. The van der Waals surface area contributed by atoms with E-state index in [-0.39, 0.29) is 5.91 Å². The highest BCUT2D eigenvalue weighted by Crippen LogP contribution is 2.40. The lowest BCUT2D eigenvalue weighted by molar-refractivity contribution is -0.0493. The van der Waals surface area contributed by atoms with Gasteiger partial charge in [0, 0.05) is 30.6 Å². The van der Waals surface area contributed by atoms with Crippen LogP contribution in [0, 0.1) is 17.8 Å². The van der Waals surface area contributed by atoms with E-state index in [0.29, 0.717) is 24.0 Å². The van der Waals surface area contributed by atoms with E-state index < -0.39 is 0 Å². The molecule has 4 rings (SSSR count). The molecule has 0 aromatic heterocycles. The predicted molar refractivity (Wildman–Crippen MR) is 110 cm³/mol. The van der Waals surface area contributed by atoms with E-state index in [1.54, 1.807) is 11.8 Å². The van der Waals surface area contributed by atoms with E-state index in [1.807, 2.05) is 30.5 Å². The molecule has 2 aliphatic carbocycles. The Kier molecular flexibility index (Phi) is 5.81. The third-order valence-corrected chi connectivity index (χ3v) is 7.41. The highest BCUT2D eigenvalue weighted by molar-refractivity contribution is 7.98. The number of carbonyl (C=O) groups excluding carboxylic acids is 1. The summed E-state index contributed by atoms with van der Waals surface area (Å²) in [5, 5.41) is 0. The van der Waals surface area contributed by atoms with Crippen molar-refractivity contribution in [3.05, 3.63) is 29.8 Å². The first kappa shape index (κ1) is 19.3. The zero-order valence-electron chi connectivity index (χ0n) is 16.8. The number of ether oxygens (including phenoxy) is 1. The van der Waals surface area contributed by atoms with Crippen LogP contribution in [0.4, 0.5) is 0 Å². The molecule has 0 spiro atoms. The van der Waals surface area contributed by atoms with Gasteiger partial charge in [-0.3, -0.25) is 4.79 Å². The Bertz CT molecular complexity index is 676. The summed E-state index contributed by atoms with van der Waals surface area (Å²) in [6.07, 6.45) is 7.26. The van der Waals surface area contributed by atoms with E-state index >= 15 is 0 Å². The standard InChI is InChI=1S/C22H32N2O2S/c1-23(2)19-10-16-12-24(22(25)18-6-4-5-7-21(18)27-3)13-17(16)11-20(19)26-14-15-8-9-15/h4-7,15-17,19-20H,8-14H2,1-3H3/t16-,17+,19-,20-/m1/s1. The minimum atomic E-state index is 0.200. The summed E-state index contributed by atoms with van der Waals surface area (Å²) in [6, 6.07) is 8.47. The molecule has 3 fully saturated rings. The van der Waals surface area contributed by atoms with Gasteiger partial charge in [0.25, 0.3) is 5.91 Å². The third-order valence-electron chi connectivity index (χ3n) is 6.62. The van der Waals surface area contributed by atoms with Gasteiger partial charge in [-0.05, 0) is 75.9 Å². The molecule has 1 aliphatic heterocycles. The summed E-state index contributed by atoms with van der Waals surface area (Å²) in [5.41, 5.74) is 0.856. The highest BCUT2D eigenvalue weighted by atomic mass is 32.2. The molecule has 3 aliphatic rings. The Labute approximate surface area is 167 Å². The molecule has 2 saturated carbocycles. The molecule has 5 heteroatoms. The molecule has 0 N–H and O–H groups in total. The van der Waals surface area contributed by atoms with Crippen LogP contribution in [-0.4, -0.2) is 67.9 Å². The van der Waals surface area contributed by atoms with Crippen LogP contribution in [0.3, 0.4) is 0 Å². The Morgan fingerprint density at radius 1 is 1.19 bits per heavy atom. The second-order valence-electron chi connectivity index (χ2n) is 8.75. The summed E-state index contributed by atoms with van der Waals surface area (Å²) in [7, 11) is 4.34. The lowest BCUT2D eigenvalue weighted by Crippen LogP contribution is -2.48. The number of hydrogen-bond donors (Lipinski definition) is 0. The second kappa shape index (κ2) is 8.14. The van der Waals surface area contributed by atoms with Crippen LogP contribution in [0.1, 0.15) is 36.0 Å². The van der Waals surface area contributed by atoms with Gasteiger partial charge in [-0.2, -0.15) is 0 Å². The largest absolute Gasteiger partial charge is 0.376 e. The average Bonchev–Trinajstić information content (AvgIpc) is 3.42. The molecule has 1 heterocycles. The van der Waals surface area contributed by atoms with Crippen LogP contribution < -0.4 is 0 Å². The van der Waals surface area contributed by atoms with E-state index in [1.165, 1.54) is 12.8 Å². The molecule has 0 bridgehead atoms. The molecule has 4 atom stereocenters. The number of hydrogen-bond acceptors (Lipinski definition) is 4. The zero-order chi connectivity index (χ0) is 19.0. The maximum atomic E-state index is 13.2. The monoisotopic (exact) mass is 388 g/mol. The fraction of sp³-hybridized carbons (Fsp3) is 0.682. The number of likely N-dealkylation sites (tertiary alicyclic amines) is 1. The summed E-state index contributed by atoms with van der Waals surface area (Å²) in [5.74, 6) is 2.18. The van der Waals surface area contributed by atoms with E-state index in [9.17, 15) is 4.79 Å². The summed E-state index contributed by atoms with van der Waals surface area (Å²) < 4.78 is 6.36. The SMILES string of the molecule is CSc1ccccc1C(=O)N1C[C@H]2C[C@@H](N(C)C)[C@H](OCC3CC3)C[C@H]2C1. The molecule has 0 radical (unpaired) electrons. The molecular weight excluding hydrogens is 356 g/mol. The van der Waals surface area contributed by atoms with Gasteiger partial charge in [0.1, 0.15) is 0 Å². The molecule has 148 valence electrons. The summed E-state index contributed by atoms with van der Waals surface area (Å²) in [6.45, 7) is 2.71. The maximum Gasteiger partial charge on any atom is 0.255 e. The molecule has 0 unspecified atom stereocenters. The number of amides is 1. The van der Waals surface area contributed by atoms with Crippen molar-refractivity contribution in [3.63, 3.8) is 0 Å². The molecule has 1 aromatic carbocycles. The second-order valence-corrected chi connectivity index (χ2v) is 9.60. The molecule has 1 aromatic rings. The topological polar surface area (TPSA) is 32.8 Å². The van der Waals surface area contributed by atoms with Crippen molar-refractivity contribution in [2.45, 2.75) is 42.7 Å². The number of likely N-dealkylation sites (N-methyl/N-ethyl adjacent to an activating group) is 1. The van der Waals surface area contributed by atoms with Crippen molar-refractivity contribution >= 4 is 17.7 Å². The first-order valence-electron chi connectivity index (χ1n) is 10.3. The van der Waals surface area contributed by atoms with Crippen molar-refractivity contribution in [2.75, 3.05) is 40.0 Å². The smallest absolute Gasteiger partial charge is 0.255 e. The first-order valence-corrected chi connectivity index (χ1v) is 11.5. The summed E-state index contributed by atoms with van der Waals surface area (Å²) >= 11 is 1.65. The van der Waals surface area contributed by atoms with Crippen molar-refractivity contribution in [1.29, 1.82) is 0 Å². The zero-order valence-corrected chi connectivity index (χ0v) is 17.6. The fourth-order valence-electron chi connectivity index (χ4n) is 4.81. The van der Waals surface area contributed by atoms with Gasteiger partial charge in [-0.1, -0.05) is 12.1 Å². The summed E-state index contributed by atoms with van der Waals surface area (Å²) in [4.78, 5) is 18.7. The number of fused-ring (bicyclic) bond motifs is 1. The minimum Gasteiger partial charge on any atom is -0.376 e. The molecule has 1 amide bonds. The van der Waals surface area contributed by atoms with Crippen LogP contribution >= 0.6 is 11.8 Å². The van der Waals surface area contributed by atoms with Gasteiger partial charge < -0.3 is 14.5 Å². The maximum absolute atomic E-state index is 13.2. The van der Waals surface area contributed by atoms with Gasteiger partial charge in [0.2, 0.25) is 0 Å². The number of nitrogens with zero attached hydrogens (tertiary/aromatic N) is 2. The van der Waals surface area contributed by atoms with Gasteiger partial charge >= 0.3 is 0 Å². The lowest BCUT2D eigenvalue weighted by Gasteiger charge is -2.41. The van der Waals surface area contributed by atoms with Gasteiger partial charge in [-0.25, -0.2) is 0 Å². The van der Waals surface area contributed by atoms with Crippen molar-refractivity contribution in [3.8, 4) is 0 Å². The first-order chi connectivity index (χ1) is 13.1. The van der Waals surface area contributed by atoms with E-state index in [0.717, 1.165) is 48.9 Å². The quantitative estimate of drug-likeness (QED) is 0.697.